The van der Waals surface area contributed by atoms with Gasteiger partial charge in [0.05, 0.1) is 11.1 Å². The van der Waals surface area contributed by atoms with Crippen molar-refractivity contribution in [2.45, 2.75) is 12.6 Å². The number of halogens is 3. The molecule has 0 bridgehead atoms. The molecule has 1 aromatic carbocycles. The molecule has 0 spiro atoms. The number of anilines is 2. The molecule has 0 fully saturated rings. The van der Waals surface area contributed by atoms with Crippen molar-refractivity contribution in [3.63, 3.8) is 0 Å². The molecular weight excluding hydrogens is 345 g/mol. The van der Waals surface area contributed by atoms with Crippen LogP contribution >= 0.6 is 0 Å². The summed E-state index contributed by atoms with van der Waals surface area (Å²) >= 11 is 0. The van der Waals surface area contributed by atoms with E-state index in [1.54, 1.807) is 12.1 Å². The fourth-order valence-electron chi connectivity index (χ4n) is 2.22. The maximum Gasteiger partial charge on any atom is 0.416 e. The van der Waals surface area contributed by atoms with E-state index in [0.717, 1.165) is 31.6 Å². The fourth-order valence-corrected chi connectivity index (χ4v) is 2.22. The van der Waals surface area contributed by atoms with Crippen LogP contribution in [0.1, 0.15) is 22.3 Å². The van der Waals surface area contributed by atoms with Gasteiger partial charge in [-0.25, -0.2) is 4.98 Å². The summed E-state index contributed by atoms with van der Waals surface area (Å²) in [5, 5.41) is 5.60. The molecule has 0 aliphatic heterocycles. The molecule has 5 nitrogen and oxygen atoms in total. The molecule has 1 aromatic heterocycles. The Kier molecular flexibility index (Phi) is 6.57. The molecule has 0 unspecified atom stereocenters. The average molecular weight is 366 g/mol. The van der Waals surface area contributed by atoms with E-state index in [2.05, 4.69) is 20.5 Å². The van der Waals surface area contributed by atoms with Gasteiger partial charge in [-0.15, -0.1) is 0 Å². The van der Waals surface area contributed by atoms with Crippen molar-refractivity contribution in [1.29, 1.82) is 0 Å². The van der Waals surface area contributed by atoms with Gasteiger partial charge in [-0.2, -0.15) is 13.2 Å². The number of nitrogens with one attached hydrogen (secondary N) is 2. The van der Waals surface area contributed by atoms with Gasteiger partial charge in [0, 0.05) is 18.4 Å². The zero-order valence-corrected chi connectivity index (χ0v) is 14.6. The first-order valence-corrected chi connectivity index (χ1v) is 8.09. The molecule has 26 heavy (non-hydrogen) atoms. The quantitative estimate of drug-likeness (QED) is 0.734. The van der Waals surface area contributed by atoms with E-state index in [1.165, 1.54) is 18.3 Å². The summed E-state index contributed by atoms with van der Waals surface area (Å²) in [4.78, 5) is 18.4. The normalized spacial score (nSPS) is 11.5. The lowest BCUT2D eigenvalue weighted by Crippen LogP contribution is -2.17. The maximum absolute atomic E-state index is 12.7. The molecule has 0 aliphatic carbocycles. The Labute approximate surface area is 150 Å². The number of rotatable bonds is 7. The molecule has 2 rings (SSSR count). The van der Waals surface area contributed by atoms with Crippen molar-refractivity contribution in [2.75, 3.05) is 37.8 Å². The standard InChI is InChI=1S/C18H21F3N4O/c1-25(2)10-4-9-22-16-8-7-13(12-23-16)17(26)24-15-6-3-5-14(11-15)18(19,20)21/h3,5-8,11-12H,4,9-10H2,1-2H3,(H,22,23)(H,24,26). The van der Waals surface area contributed by atoms with Crippen molar-refractivity contribution >= 4 is 17.4 Å². The van der Waals surface area contributed by atoms with Crippen LogP contribution < -0.4 is 10.6 Å². The van der Waals surface area contributed by atoms with Gasteiger partial charge >= 0.3 is 6.18 Å². The second-order valence-electron chi connectivity index (χ2n) is 6.05. The Bertz CT molecular complexity index is 730. The van der Waals surface area contributed by atoms with Gasteiger partial charge in [-0.05, 0) is 57.4 Å². The summed E-state index contributed by atoms with van der Waals surface area (Å²) < 4.78 is 38.1. The first kappa shape index (κ1) is 19.7. The van der Waals surface area contributed by atoms with E-state index in [1.807, 2.05) is 14.1 Å². The van der Waals surface area contributed by atoms with Crippen LogP contribution in [0.2, 0.25) is 0 Å². The number of alkyl halides is 3. The predicted molar refractivity (Wildman–Crippen MR) is 95.3 cm³/mol. The monoisotopic (exact) mass is 366 g/mol. The van der Waals surface area contributed by atoms with Gasteiger partial charge in [0.1, 0.15) is 5.82 Å². The first-order valence-electron chi connectivity index (χ1n) is 8.09. The fraction of sp³-hybridized carbons (Fsp3) is 0.333. The van der Waals surface area contributed by atoms with Crippen molar-refractivity contribution in [3.8, 4) is 0 Å². The highest BCUT2D eigenvalue weighted by atomic mass is 19.4. The van der Waals surface area contributed by atoms with E-state index >= 15 is 0 Å². The second kappa shape index (κ2) is 8.66. The number of pyridine rings is 1. The highest BCUT2D eigenvalue weighted by Gasteiger charge is 2.30. The SMILES string of the molecule is CN(C)CCCNc1ccc(C(=O)Nc2cccc(C(F)(F)F)c2)cn1. The highest BCUT2D eigenvalue weighted by Crippen LogP contribution is 2.30. The molecule has 2 aromatic rings. The Balaban J connectivity index is 1.94. The summed E-state index contributed by atoms with van der Waals surface area (Å²) in [6.07, 6.45) is -2.12. The summed E-state index contributed by atoms with van der Waals surface area (Å²) in [6.45, 7) is 1.70. The molecule has 2 N–H and O–H groups in total. The molecular formula is C18H21F3N4O. The predicted octanol–water partition coefficient (Wildman–Crippen LogP) is 3.72. The lowest BCUT2D eigenvalue weighted by atomic mass is 10.2. The van der Waals surface area contributed by atoms with Gasteiger partial charge in [0.15, 0.2) is 0 Å². The second-order valence-corrected chi connectivity index (χ2v) is 6.05. The third kappa shape index (κ3) is 6.03. The Morgan fingerprint density at radius 3 is 2.58 bits per heavy atom. The number of carbonyl (C=O) groups is 1. The van der Waals surface area contributed by atoms with Crippen LogP contribution in [0.15, 0.2) is 42.6 Å². The molecule has 140 valence electrons. The van der Waals surface area contributed by atoms with E-state index in [-0.39, 0.29) is 11.3 Å². The molecule has 0 saturated carbocycles. The van der Waals surface area contributed by atoms with Crippen molar-refractivity contribution in [2.24, 2.45) is 0 Å². The topological polar surface area (TPSA) is 57.3 Å². The molecule has 0 saturated heterocycles. The molecule has 0 atom stereocenters. The van der Waals surface area contributed by atoms with Crippen molar-refractivity contribution in [1.82, 2.24) is 9.88 Å². The third-order valence-electron chi connectivity index (χ3n) is 3.56. The average Bonchev–Trinajstić information content (AvgIpc) is 2.58. The first-order chi connectivity index (χ1) is 12.3. The van der Waals surface area contributed by atoms with E-state index in [9.17, 15) is 18.0 Å². The van der Waals surface area contributed by atoms with E-state index in [0.29, 0.717) is 5.82 Å². The smallest absolute Gasteiger partial charge is 0.370 e. The minimum atomic E-state index is -4.46. The van der Waals surface area contributed by atoms with E-state index in [4.69, 9.17) is 0 Å². The number of amides is 1. The van der Waals surface area contributed by atoms with Gasteiger partial charge in [0.2, 0.25) is 0 Å². The maximum atomic E-state index is 12.7. The Hall–Kier alpha value is -2.61. The number of carbonyl (C=O) groups excluding carboxylic acids is 1. The summed E-state index contributed by atoms with van der Waals surface area (Å²) in [6, 6.07) is 7.74. The summed E-state index contributed by atoms with van der Waals surface area (Å²) in [7, 11) is 3.99. The molecule has 1 heterocycles. The Morgan fingerprint density at radius 2 is 1.96 bits per heavy atom. The van der Waals surface area contributed by atoms with Crippen LogP contribution in [-0.2, 0) is 6.18 Å². The van der Waals surface area contributed by atoms with Crippen LogP contribution in [0.3, 0.4) is 0 Å². The number of hydrogen-bond donors (Lipinski definition) is 2. The van der Waals surface area contributed by atoms with Gasteiger partial charge < -0.3 is 15.5 Å². The minimum absolute atomic E-state index is 0.0794. The zero-order chi connectivity index (χ0) is 19.2. The van der Waals surface area contributed by atoms with E-state index < -0.39 is 17.6 Å². The van der Waals surface area contributed by atoms with Crippen molar-refractivity contribution in [3.05, 3.63) is 53.7 Å². The Morgan fingerprint density at radius 1 is 1.19 bits per heavy atom. The highest BCUT2D eigenvalue weighted by molar-refractivity contribution is 6.04. The summed E-state index contributed by atoms with van der Waals surface area (Å²) in [5.74, 6) is 0.121. The molecule has 1 amide bonds. The third-order valence-corrected chi connectivity index (χ3v) is 3.56. The number of benzene rings is 1. The van der Waals surface area contributed by atoms with Crippen LogP contribution in [0.5, 0.6) is 0 Å². The lowest BCUT2D eigenvalue weighted by Gasteiger charge is -2.11. The van der Waals surface area contributed by atoms with Crippen LogP contribution in [-0.4, -0.2) is 43.0 Å². The number of aromatic nitrogens is 1. The zero-order valence-electron chi connectivity index (χ0n) is 14.6. The molecule has 0 aliphatic rings. The minimum Gasteiger partial charge on any atom is -0.370 e. The molecule has 8 heteroatoms. The van der Waals surface area contributed by atoms with Crippen LogP contribution in [0, 0.1) is 0 Å². The number of nitrogens with zero attached hydrogens (tertiary/aromatic N) is 2. The van der Waals surface area contributed by atoms with Crippen LogP contribution in [0.25, 0.3) is 0 Å². The van der Waals surface area contributed by atoms with Crippen LogP contribution in [0.4, 0.5) is 24.7 Å². The number of hydrogen-bond acceptors (Lipinski definition) is 4. The largest absolute Gasteiger partial charge is 0.416 e. The lowest BCUT2D eigenvalue weighted by molar-refractivity contribution is -0.137. The summed E-state index contributed by atoms with van der Waals surface area (Å²) in [5.41, 5.74) is -0.470. The van der Waals surface area contributed by atoms with Gasteiger partial charge in [0.25, 0.3) is 5.91 Å². The molecule has 0 radical (unpaired) electrons. The van der Waals surface area contributed by atoms with Gasteiger partial charge in [-0.1, -0.05) is 6.07 Å². The van der Waals surface area contributed by atoms with Gasteiger partial charge in [-0.3, -0.25) is 4.79 Å². The van der Waals surface area contributed by atoms with Crippen molar-refractivity contribution < 1.29 is 18.0 Å².